The minimum absolute atomic E-state index is 0.351. The summed E-state index contributed by atoms with van der Waals surface area (Å²) in [6.07, 6.45) is 1.12. The molecule has 1 aromatic rings. The molecule has 1 rings (SSSR count). The molecule has 1 amide bonds. The van der Waals surface area contributed by atoms with Crippen LogP contribution in [-0.4, -0.2) is 42.4 Å². The van der Waals surface area contributed by atoms with E-state index in [0.717, 1.165) is 0 Å². The minimum atomic E-state index is -0.514. The van der Waals surface area contributed by atoms with E-state index in [2.05, 4.69) is 4.99 Å². The van der Waals surface area contributed by atoms with E-state index < -0.39 is 5.60 Å². The molecular formula is C16H22N2O4. The molecule has 0 aliphatic heterocycles. The van der Waals surface area contributed by atoms with Crippen molar-refractivity contribution in [3.8, 4) is 5.75 Å². The van der Waals surface area contributed by atoms with Crippen molar-refractivity contribution in [3.63, 3.8) is 0 Å². The third kappa shape index (κ3) is 6.41. The number of ether oxygens (including phenoxy) is 2. The molecule has 0 unspecified atom stereocenters. The molecule has 1 aromatic carbocycles. The second-order valence-corrected chi connectivity index (χ2v) is 5.61. The van der Waals surface area contributed by atoms with Gasteiger partial charge < -0.3 is 14.4 Å². The van der Waals surface area contributed by atoms with Crippen LogP contribution in [0.2, 0.25) is 0 Å². The van der Waals surface area contributed by atoms with Gasteiger partial charge in [0, 0.05) is 6.54 Å². The van der Waals surface area contributed by atoms with Gasteiger partial charge in [0.25, 0.3) is 0 Å². The quantitative estimate of drug-likeness (QED) is 0.597. The average Bonchev–Trinajstić information content (AvgIpc) is 2.43. The summed E-state index contributed by atoms with van der Waals surface area (Å²) in [6.45, 7) is 8.71. The molecule has 22 heavy (non-hydrogen) atoms. The fraction of sp³-hybridized carbons (Fsp3) is 0.500. The van der Waals surface area contributed by atoms with Crippen LogP contribution in [-0.2, 0) is 9.53 Å². The zero-order valence-electron chi connectivity index (χ0n) is 13.5. The highest BCUT2D eigenvalue weighted by atomic mass is 16.6. The lowest BCUT2D eigenvalue weighted by molar-refractivity contribution is 0.0237. The maximum absolute atomic E-state index is 11.9. The highest BCUT2D eigenvalue weighted by Gasteiger charge is 2.20. The molecule has 0 aromatic heterocycles. The van der Waals surface area contributed by atoms with Gasteiger partial charge in [-0.15, -0.1) is 0 Å². The van der Waals surface area contributed by atoms with Crippen molar-refractivity contribution < 1.29 is 19.1 Å². The van der Waals surface area contributed by atoms with E-state index in [1.807, 2.05) is 27.7 Å². The van der Waals surface area contributed by atoms with Crippen LogP contribution in [0.25, 0.3) is 0 Å². The summed E-state index contributed by atoms with van der Waals surface area (Å²) >= 11 is 0. The first-order chi connectivity index (χ1) is 10.4. The van der Waals surface area contributed by atoms with E-state index >= 15 is 0 Å². The standard InChI is InChI=1S/C16H22N2O4/c1-5-18(15(20)22-16(2,3)4)10-11-21-14-8-6-13(7-9-14)17-12-19/h6-9H,5,10-11H2,1-4H3. The number of hydrogen-bond acceptors (Lipinski definition) is 5. The molecule has 0 N–H and O–H groups in total. The van der Waals surface area contributed by atoms with Crippen molar-refractivity contribution in [2.45, 2.75) is 33.3 Å². The summed E-state index contributed by atoms with van der Waals surface area (Å²) in [5, 5.41) is 0. The van der Waals surface area contributed by atoms with Gasteiger partial charge in [0.2, 0.25) is 6.08 Å². The van der Waals surface area contributed by atoms with Gasteiger partial charge in [-0.3, -0.25) is 0 Å². The number of benzene rings is 1. The number of carbonyl (C=O) groups excluding carboxylic acids is 2. The zero-order chi connectivity index (χ0) is 16.6. The second-order valence-electron chi connectivity index (χ2n) is 5.61. The average molecular weight is 306 g/mol. The van der Waals surface area contributed by atoms with E-state index in [4.69, 9.17) is 9.47 Å². The first-order valence-corrected chi connectivity index (χ1v) is 7.14. The first-order valence-electron chi connectivity index (χ1n) is 7.14. The van der Waals surface area contributed by atoms with Crippen molar-refractivity contribution in [3.05, 3.63) is 24.3 Å². The number of isocyanates is 1. The zero-order valence-corrected chi connectivity index (χ0v) is 13.5. The smallest absolute Gasteiger partial charge is 0.410 e. The Morgan fingerprint density at radius 1 is 1.27 bits per heavy atom. The summed E-state index contributed by atoms with van der Waals surface area (Å²) in [7, 11) is 0. The highest BCUT2D eigenvalue weighted by molar-refractivity contribution is 5.68. The molecule has 0 bridgehead atoms. The van der Waals surface area contributed by atoms with E-state index in [9.17, 15) is 9.59 Å². The van der Waals surface area contributed by atoms with E-state index in [1.165, 1.54) is 6.08 Å². The number of likely N-dealkylation sites (N-methyl/N-ethyl adjacent to an activating group) is 1. The predicted octanol–water partition coefficient (Wildman–Crippen LogP) is 3.29. The predicted molar refractivity (Wildman–Crippen MR) is 83.2 cm³/mol. The van der Waals surface area contributed by atoms with Gasteiger partial charge in [-0.2, -0.15) is 4.99 Å². The van der Waals surface area contributed by atoms with Crippen LogP contribution in [0.15, 0.2) is 29.3 Å². The number of hydrogen-bond donors (Lipinski definition) is 0. The number of amides is 1. The summed E-state index contributed by atoms with van der Waals surface area (Å²) < 4.78 is 10.9. The van der Waals surface area contributed by atoms with Crippen LogP contribution in [0.4, 0.5) is 10.5 Å². The Morgan fingerprint density at radius 3 is 2.41 bits per heavy atom. The second kappa shape index (κ2) is 8.20. The van der Waals surface area contributed by atoms with Gasteiger partial charge in [0.15, 0.2) is 0 Å². The fourth-order valence-electron chi connectivity index (χ4n) is 1.65. The summed E-state index contributed by atoms with van der Waals surface area (Å²) in [6, 6.07) is 6.73. The normalized spacial score (nSPS) is 10.5. The topological polar surface area (TPSA) is 68.2 Å². The largest absolute Gasteiger partial charge is 0.492 e. The monoisotopic (exact) mass is 306 g/mol. The summed E-state index contributed by atoms with van der Waals surface area (Å²) in [5.74, 6) is 0.644. The van der Waals surface area contributed by atoms with Gasteiger partial charge in [0.05, 0.1) is 12.2 Å². The van der Waals surface area contributed by atoms with Crippen LogP contribution in [0.3, 0.4) is 0 Å². The third-order valence-corrected chi connectivity index (χ3v) is 2.67. The summed E-state index contributed by atoms with van der Waals surface area (Å²) in [5.41, 5.74) is 0.00611. The molecular weight excluding hydrogens is 284 g/mol. The fourth-order valence-corrected chi connectivity index (χ4v) is 1.65. The van der Waals surface area contributed by atoms with Gasteiger partial charge in [-0.25, -0.2) is 9.59 Å². The maximum Gasteiger partial charge on any atom is 0.410 e. The van der Waals surface area contributed by atoms with Crippen molar-refractivity contribution in [1.29, 1.82) is 0 Å². The van der Waals surface area contributed by atoms with E-state index in [-0.39, 0.29) is 6.09 Å². The lowest BCUT2D eigenvalue weighted by Gasteiger charge is -2.26. The van der Waals surface area contributed by atoms with E-state index in [0.29, 0.717) is 31.1 Å². The van der Waals surface area contributed by atoms with Crippen molar-refractivity contribution in [2.24, 2.45) is 4.99 Å². The van der Waals surface area contributed by atoms with Crippen LogP contribution in [0.1, 0.15) is 27.7 Å². The molecule has 0 radical (unpaired) electrons. The number of carbonyl (C=O) groups is 1. The molecule has 6 nitrogen and oxygen atoms in total. The van der Waals surface area contributed by atoms with Crippen molar-refractivity contribution in [1.82, 2.24) is 4.90 Å². The highest BCUT2D eigenvalue weighted by Crippen LogP contribution is 2.17. The van der Waals surface area contributed by atoms with Crippen LogP contribution >= 0.6 is 0 Å². The SMILES string of the molecule is CCN(CCOc1ccc(N=C=O)cc1)C(=O)OC(C)(C)C. The first kappa shape index (κ1) is 17.7. The molecule has 0 aliphatic rings. The van der Waals surface area contributed by atoms with Crippen LogP contribution in [0.5, 0.6) is 5.75 Å². The molecule has 0 atom stereocenters. The molecule has 0 heterocycles. The molecule has 0 spiro atoms. The lowest BCUT2D eigenvalue weighted by atomic mass is 10.2. The van der Waals surface area contributed by atoms with Crippen molar-refractivity contribution in [2.75, 3.05) is 19.7 Å². The summed E-state index contributed by atoms with van der Waals surface area (Å²) in [4.78, 5) is 27.2. The van der Waals surface area contributed by atoms with Gasteiger partial charge >= 0.3 is 6.09 Å². The van der Waals surface area contributed by atoms with Crippen LogP contribution < -0.4 is 4.74 Å². The molecule has 0 aliphatic carbocycles. The molecule has 0 saturated heterocycles. The van der Waals surface area contributed by atoms with Crippen molar-refractivity contribution >= 4 is 17.9 Å². The Morgan fingerprint density at radius 2 is 1.91 bits per heavy atom. The Kier molecular flexibility index (Phi) is 6.60. The number of nitrogens with zero attached hydrogens (tertiary/aromatic N) is 2. The van der Waals surface area contributed by atoms with Gasteiger partial charge in [0.1, 0.15) is 18.0 Å². The lowest BCUT2D eigenvalue weighted by Crippen LogP contribution is -2.38. The Labute approximate surface area is 130 Å². The Balaban J connectivity index is 2.46. The van der Waals surface area contributed by atoms with Gasteiger partial charge in [-0.1, -0.05) is 0 Å². The molecule has 6 heteroatoms. The minimum Gasteiger partial charge on any atom is -0.492 e. The third-order valence-electron chi connectivity index (χ3n) is 2.67. The molecule has 0 saturated carbocycles. The Bertz CT molecular complexity index is 528. The maximum atomic E-state index is 11.9. The number of rotatable bonds is 6. The molecule has 0 fully saturated rings. The van der Waals surface area contributed by atoms with Gasteiger partial charge in [-0.05, 0) is 52.0 Å². The molecule has 120 valence electrons. The Hall–Kier alpha value is -2.33. The van der Waals surface area contributed by atoms with E-state index in [1.54, 1.807) is 29.2 Å². The van der Waals surface area contributed by atoms with Crippen LogP contribution in [0, 0.1) is 0 Å². The number of aliphatic imine (C=N–C) groups is 1.